The number of rotatable bonds is 3. The minimum absolute atomic E-state index is 0.397. The molecule has 0 aliphatic carbocycles. The fourth-order valence-corrected chi connectivity index (χ4v) is 2.19. The lowest BCUT2D eigenvalue weighted by Gasteiger charge is -2.01. The Labute approximate surface area is 59.5 Å². The van der Waals surface area contributed by atoms with Gasteiger partial charge in [0, 0.05) is 18.2 Å². The lowest BCUT2D eigenvalue weighted by atomic mass is 10.9. The molecule has 0 radical (unpaired) electrons. The van der Waals surface area contributed by atoms with E-state index < -0.39 is 6.49 Å². The Morgan fingerprint density at radius 2 is 2.12 bits per heavy atom. The zero-order valence-electron chi connectivity index (χ0n) is 4.73. The average molecular weight is 175 g/mol. The van der Waals surface area contributed by atoms with Crippen LogP contribution in [0.15, 0.2) is 0 Å². The van der Waals surface area contributed by atoms with Crippen LogP contribution >= 0.6 is 29.3 Å². The van der Waals surface area contributed by atoms with Crippen LogP contribution in [0.3, 0.4) is 0 Å². The van der Waals surface area contributed by atoms with Gasteiger partial charge < -0.3 is 4.57 Å². The molecule has 0 aromatic carbocycles. The molecule has 0 heterocycles. The number of hydrogen-bond acceptors (Lipinski definition) is 1. The van der Waals surface area contributed by atoms with Crippen LogP contribution in [0.25, 0.3) is 0 Å². The number of hydrogen-bond donors (Lipinski definition) is 0. The van der Waals surface area contributed by atoms with E-state index in [2.05, 4.69) is 0 Å². The van der Waals surface area contributed by atoms with Gasteiger partial charge in [0.05, 0.1) is 0 Å². The predicted octanol–water partition coefficient (Wildman–Crippen LogP) is 2.76. The first-order chi connectivity index (χ1) is 3.62. The number of halogens is 2. The molecule has 1 atom stereocenters. The molecule has 0 rings (SSSR count). The van der Waals surface area contributed by atoms with Gasteiger partial charge in [0.15, 0.2) is 6.49 Å². The molecule has 0 N–H and O–H groups in total. The largest absolute Gasteiger partial charge is 0.307 e. The molecule has 0 bridgehead atoms. The molecule has 0 aliphatic heterocycles. The van der Waals surface area contributed by atoms with Crippen molar-refractivity contribution in [1.29, 1.82) is 0 Å². The highest BCUT2D eigenvalue weighted by Gasteiger charge is 2.12. The highest BCUT2D eigenvalue weighted by atomic mass is 35.7. The summed E-state index contributed by atoms with van der Waals surface area (Å²) in [7, 11) is 0. The first-order valence-electron chi connectivity index (χ1n) is 2.46. The van der Waals surface area contributed by atoms with Crippen molar-refractivity contribution in [1.82, 2.24) is 0 Å². The van der Waals surface area contributed by atoms with E-state index in [0.717, 1.165) is 0 Å². The van der Waals surface area contributed by atoms with E-state index in [1.807, 2.05) is 0 Å². The molecule has 0 aliphatic rings. The zero-order chi connectivity index (χ0) is 6.62. The molecule has 0 saturated carbocycles. The Kier molecular flexibility index (Phi) is 4.14. The van der Waals surface area contributed by atoms with Gasteiger partial charge in [0.1, 0.15) is 0 Å². The molecule has 0 saturated heterocycles. The summed E-state index contributed by atoms with van der Waals surface area (Å²) < 4.78 is 10.9. The van der Waals surface area contributed by atoms with Crippen molar-refractivity contribution in [3.8, 4) is 0 Å². The van der Waals surface area contributed by atoms with E-state index in [1.54, 1.807) is 6.92 Å². The smallest absolute Gasteiger partial charge is 0.170 e. The Morgan fingerprint density at radius 3 is 2.25 bits per heavy atom. The monoisotopic (exact) mass is 174 g/mol. The third-order valence-corrected chi connectivity index (χ3v) is 4.40. The van der Waals surface area contributed by atoms with Gasteiger partial charge in [0.2, 0.25) is 0 Å². The SMILES string of the molecule is CCP(=O)(Cl)CCCl. The summed E-state index contributed by atoms with van der Waals surface area (Å²) in [4.78, 5) is 0. The van der Waals surface area contributed by atoms with Crippen molar-refractivity contribution in [2.24, 2.45) is 0 Å². The maximum absolute atomic E-state index is 10.9. The predicted molar refractivity (Wildman–Crippen MR) is 39.6 cm³/mol. The Morgan fingerprint density at radius 1 is 1.62 bits per heavy atom. The second kappa shape index (κ2) is 3.76. The first kappa shape index (κ1) is 8.81. The molecule has 1 nitrogen and oxygen atoms in total. The Balaban J connectivity index is 3.55. The van der Waals surface area contributed by atoms with Gasteiger partial charge in [-0.2, -0.15) is 0 Å². The van der Waals surface area contributed by atoms with E-state index in [9.17, 15) is 4.57 Å². The minimum atomic E-state index is -2.33. The van der Waals surface area contributed by atoms with Gasteiger partial charge in [-0.25, -0.2) is 0 Å². The molecular weight excluding hydrogens is 166 g/mol. The highest BCUT2D eigenvalue weighted by Crippen LogP contribution is 2.50. The van der Waals surface area contributed by atoms with E-state index in [-0.39, 0.29) is 0 Å². The summed E-state index contributed by atoms with van der Waals surface area (Å²) in [6.45, 7) is -0.527. The summed E-state index contributed by atoms with van der Waals surface area (Å²) in [6, 6.07) is 0. The van der Waals surface area contributed by atoms with Crippen LogP contribution in [0.1, 0.15) is 6.92 Å². The first-order valence-corrected chi connectivity index (χ1v) is 5.98. The van der Waals surface area contributed by atoms with Crippen LogP contribution in [0.5, 0.6) is 0 Å². The standard InChI is InChI=1S/C4H9Cl2OP/c1-2-8(6,7)4-3-5/h2-4H2,1H3. The third-order valence-electron chi connectivity index (χ3n) is 0.891. The van der Waals surface area contributed by atoms with E-state index in [4.69, 9.17) is 22.8 Å². The molecule has 0 spiro atoms. The summed E-state index contributed by atoms with van der Waals surface area (Å²) in [6.07, 6.45) is 0.994. The molecule has 4 heteroatoms. The zero-order valence-corrected chi connectivity index (χ0v) is 7.14. The third kappa shape index (κ3) is 3.77. The fraction of sp³-hybridized carbons (Fsp3) is 1.00. The van der Waals surface area contributed by atoms with Crippen LogP contribution in [-0.4, -0.2) is 18.2 Å². The van der Waals surface area contributed by atoms with Crippen LogP contribution in [0.2, 0.25) is 0 Å². The topological polar surface area (TPSA) is 17.1 Å². The molecule has 50 valence electrons. The minimum Gasteiger partial charge on any atom is -0.307 e. The van der Waals surface area contributed by atoms with Gasteiger partial charge in [-0.1, -0.05) is 18.2 Å². The molecule has 0 aromatic rings. The van der Waals surface area contributed by atoms with Crippen LogP contribution in [0, 0.1) is 0 Å². The highest BCUT2D eigenvalue weighted by molar-refractivity contribution is 7.89. The van der Waals surface area contributed by atoms with Gasteiger partial charge in [-0.3, -0.25) is 0 Å². The maximum atomic E-state index is 10.9. The van der Waals surface area contributed by atoms with Crippen molar-refractivity contribution >= 4 is 29.3 Å². The maximum Gasteiger partial charge on any atom is 0.170 e. The summed E-state index contributed by atoms with van der Waals surface area (Å²) >= 11 is 10.8. The molecule has 0 amide bonds. The second-order valence-corrected chi connectivity index (χ2v) is 6.40. The number of alkyl halides is 1. The van der Waals surface area contributed by atoms with Gasteiger partial charge >= 0.3 is 0 Å². The van der Waals surface area contributed by atoms with Crippen LogP contribution in [0.4, 0.5) is 0 Å². The molecular formula is C4H9Cl2OP. The van der Waals surface area contributed by atoms with Crippen molar-refractivity contribution in [3.63, 3.8) is 0 Å². The normalized spacial score (nSPS) is 17.9. The quantitative estimate of drug-likeness (QED) is 0.476. The molecule has 8 heavy (non-hydrogen) atoms. The Bertz CT molecular complexity index is 104. The van der Waals surface area contributed by atoms with Crippen molar-refractivity contribution in [2.75, 3.05) is 18.2 Å². The van der Waals surface area contributed by atoms with Crippen molar-refractivity contribution in [3.05, 3.63) is 0 Å². The van der Waals surface area contributed by atoms with Crippen LogP contribution < -0.4 is 0 Å². The molecule has 0 aromatic heterocycles. The van der Waals surface area contributed by atoms with E-state index in [0.29, 0.717) is 18.2 Å². The van der Waals surface area contributed by atoms with Crippen LogP contribution in [-0.2, 0) is 4.57 Å². The van der Waals surface area contributed by atoms with Gasteiger partial charge in [0.25, 0.3) is 0 Å². The van der Waals surface area contributed by atoms with E-state index in [1.165, 1.54) is 0 Å². The molecule has 1 unspecified atom stereocenters. The van der Waals surface area contributed by atoms with Crippen molar-refractivity contribution in [2.45, 2.75) is 6.92 Å². The fourth-order valence-electron chi connectivity index (χ4n) is 0.284. The summed E-state index contributed by atoms with van der Waals surface area (Å²) in [5.41, 5.74) is 0. The lowest BCUT2D eigenvalue weighted by Crippen LogP contribution is -1.85. The summed E-state index contributed by atoms with van der Waals surface area (Å²) in [5.74, 6) is 0.397. The second-order valence-electron chi connectivity index (χ2n) is 1.52. The van der Waals surface area contributed by atoms with Crippen molar-refractivity contribution < 1.29 is 4.57 Å². The lowest BCUT2D eigenvalue weighted by molar-refractivity contribution is 0.585. The van der Waals surface area contributed by atoms with E-state index >= 15 is 0 Å². The summed E-state index contributed by atoms with van der Waals surface area (Å²) in [5, 5.41) is 0. The Hall–Kier alpha value is 0.810. The van der Waals surface area contributed by atoms with Gasteiger partial charge in [-0.05, 0) is 0 Å². The van der Waals surface area contributed by atoms with Gasteiger partial charge in [-0.15, -0.1) is 11.6 Å². The average Bonchev–Trinajstić information content (AvgIpc) is 1.67. The molecule has 0 fully saturated rings.